The van der Waals surface area contributed by atoms with Gasteiger partial charge in [-0.05, 0) is 30.7 Å². The molecule has 0 aliphatic carbocycles. The lowest BCUT2D eigenvalue weighted by atomic mass is 10.2. The van der Waals surface area contributed by atoms with Crippen molar-refractivity contribution in [2.75, 3.05) is 11.9 Å². The maximum atomic E-state index is 11.1. The first-order valence-electron chi connectivity index (χ1n) is 5.06. The second-order valence-corrected chi connectivity index (χ2v) is 3.14. The van der Waals surface area contributed by atoms with Crippen LogP contribution in [0, 0.1) is 0 Å². The number of amides is 1. The molecule has 1 rings (SSSR count). The van der Waals surface area contributed by atoms with E-state index < -0.39 is 12.1 Å². The summed E-state index contributed by atoms with van der Waals surface area (Å²) >= 11 is 0. The van der Waals surface area contributed by atoms with E-state index in [1.54, 1.807) is 31.2 Å². The molecular formula is C12H13NO4. The monoisotopic (exact) mass is 235 g/mol. The molecule has 0 aliphatic heterocycles. The van der Waals surface area contributed by atoms with Gasteiger partial charge in [-0.3, -0.25) is 5.32 Å². The van der Waals surface area contributed by atoms with Gasteiger partial charge in [0.15, 0.2) is 0 Å². The molecule has 0 bridgehead atoms. The maximum absolute atomic E-state index is 11.1. The Morgan fingerprint density at radius 1 is 1.35 bits per heavy atom. The van der Waals surface area contributed by atoms with Crippen LogP contribution >= 0.6 is 0 Å². The van der Waals surface area contributed by atoms with E-state index in [1.807, 2.05) is 0 Å². The van der Waals surface area contributed by atoms with Crippen LogP contribution in [0.3, 0.4) is 0 Å². The van der Waals surface area contributed by atoms with Crippen LogP contribution < -0.4 is 5.32 Å². The van der Waals surface area contributed by atoms with Gasteiger partial charge in [0.1, 0.15) is 0 Å². The van der Waals surface area contributed by atoms with Gasteiger partial charge >= 0.3 is 12.1 Å². The highest BCUT2D eigenvalue weighted by Gasteiger charge is 2.00. The molecule has 0 atom stereocenters. The van der Waals surface area contributed by atoms with Crippen molar-refractivity contribution in [1.82, 2.24) is 0 Å². The number of carboxylic acid groups (broad SMARTS) is 1. The number of carbonyl (C=O) groups is 2. The predicted molar refractivity (Wildman–Crippen MR) is 63.8 cm³/mol. The topological polar surface area (TPSA) is 75.6 Å². The SMILES string of the molecule is CCOC(=O)Nc1ccc(C=CC(=O)O)cc1. The fraction of sp³-hybridized carbons (Fsp3) is 0.167. The van der Waals surface area contributed by atoms with Crippen LogP contribution in [0.15, 0.2) is 30.3 Å². The first-order valence-corrected chi connectivity index (χ1v) is 5.06. The van der Waals surface area contributed by atoms with E-state index in [0.29, 0.717) is 12.3 Å². The number of anilines is 1. The molecule has 1 aromatic rings. The summed E-state index contributed by atoms with van der Waals surface area (Å²) in [6, 6.07) is 6.72. The number of nitrogens with one attached hydrogen (secondary N) is 1. The highest BCUT2D eigenvalue weighted by Crippen LogP contribution is 2.11. The number of ether oxygens (including phenoxy) is 1. The van der Waals surface area contributed by atoms with E-state index in [-0.39, 0.29) is 0 Å². The van der Waals surface area contributed by atoms with E-state index in [0.717, 1.165) is 11.6 Å². The fourth-order valence-corrected chi connectivity index (χ4v) is 1.13. The third kappa shape index (κ3) is 4.83. The molecule has 5 nitrogen and oxygen atoms in total. The van der Waals surface area contributed by atoms with Crippen molar-refractivity contribution in [2.24, 2.45) is 0 Å². The highest BCUT2D eigenvalue weighted by molar-refractivity contribution is 5.86. The molecule has 0 saturated carbocycles. The third-order valence-electron chi connectivity index (χ3n) is 1.85. The van der Waals surface area contributed by atoms with Gasteiger partial charge in [-0.1, -0.05) is 12.1 Å². The van der Waals surface area contributed by atoms with E-state index in [1.165, 1.54) is 6.08 Å². The second kappa shape index (κ2) is 6.32. The first kappa shape index (κ1) is 12.8. The van der Waals surface area contributed by atoms with Gasteiger partial charge in [-0.15, -0.1) is 0 Å². The Balaban J connectivity index is 2.62. The summed E-state index contributed by atoms with van der Waals surface area (Å²) in [6.07, 6.45) is 2.01. The average Bonchev–Trinajstić information content (AvgIpc) is 2.28. The van der Waals surface area contributed by atoms with Gasteiger partial charge < -0.3 is 9.84 Å². The van der Waals surface area contributed by atoms with E-state index >= 15 is 0 Å². The van der Waals surface area contributed by atoms with Crippen molar-refractivity contribution in [1.29, 1.82) is 0 Å². The van der Waals surface area contributed by atoms with Gasteiger partial charge in [-0.25, -0.2) is 9.59 Å². The molecule has 0 fully saturated rings. The minimum absolute atomic E-state index is 0.311. The van der Waals surface area contributed by atoms with Crippen molar-refractivity contribution in [3.05, 3.63) is 35.9 Å². The van der Waals surface area contributed by atoms with Gasteiger partial charge in [0.2, 0.25) is 0 Å². The molecule has 1 amide bonds. The molecule has 5 heteroatoms. The van der Waals surface area contributed by atoms with E-state index in [2.05, 4.69) is 5.32 Å². The van der Waals surface area contributed by atoms with Crippen LogP contribution in [0.2, 0.25) is 0 Å². The molecule has 0 radical (unpaired) electrons. The Bertz CT molecular complexity index is 423. The molecule has 90 valence electrons. The summed E-state index contributed by atoms with van der Waals surface area (Å²) in [4.78, 5) is 21.4. The van der Waals surface area contributed by atoms with Crippen LogP contribution in [-0.2, 0) is 9.53 Å². The normalized spacial score (nSPS) is 10.2. The molecular weight excluding hydrogens is 222 g/mol. The Labute approximate surface area is 98.7 Å². The van der Waals surface area contributed by atoms with Crippen LogP contribution in [0.5, 0.6) is 0 Å². The lowest BCUT2D eigenvalue weighted by molar-refractivity contribution is -0.131. The molecule has 17 heavy (non-hydrogen) atoms. The second-order valence-electron chi connectivity index (χ2n) is 3.14. The minimum Gasteiger partial charge on any atom is -0.478 e. The van der Waals surface area contributed by atoms with Crippen molar-refractivity contribution in [3.63, 3.8) is 0 Å². The molecule has 0 saturated heterocycles. The smallest absolute Gasteiger partial charge is 0.411 e. The molecule has 0 aromatic heterocycles. The highest BCUT2D eigenvalue weighted by atomic mass is 16.5. The van der Waals surface area contributed by atoms with Crippen molar-refractivity contribution in [3.8, 4) is 0 Å². The zero-order valence-electron chi connectivity index (χ0n) is 9.34. The minimum atomic E-state index is -1.00. The van der Waals surface area contributed by atoms with Crippen LogP contribution in [0.4, 0.5) is 10.5 Å². The summed E-state index contributed by atoms with van der Waals surface area (Å²) in [7, 11) is 0. The summed E-state index contributed by atoms with van der Waals surface area (Å²) in [5.41, 5.74) is 1.33. The van der Waals surface area contributed by atoms with Gasteiger partial charge in [-0.2, -0.15) is 0 Å². The number of hydrogen-bond acceptors (Lipinski definition) is 3. The predicted octanol–water partition coefficient (Wildman–Crippen LogP) is 2.35. The lowest BCUT2D eigenvalue weighted by Gasteiger charge is -2.04. The number of benzene rings is 1. The summed E-state index contributed by atoms with van der Waals surface area (Å²) in [5, 5.41) is 11.0. The lowest BCUT2D eigenvalue weighted by Crippen LogP contribution is -2.13. The van der Waals surface area contributed by atoms with Gasteiger partial charge in [0.05, 0.1) is 6.61 Å². The number of carboxylic acids is 1. The van der Waals surface area contributed by atoms with Gasteiger partial charge in [0, 0.05) is 11.8 Å². The Morgan fingerprint density at radius 3 is 2.53 bits per heavy atom. The van der Waals surface area contributed by atoms with Crippen molar-refractivity contribution >= 4 is 23.8 Å². The Hall–Kier alpha value is -2.30. The summed E-state index contributed by atoms with van der Waals surface area (Å²) in [5.74, 6) is -1.00. The Morgan fingerprint density at radius 2 is 2.00 bits per heavy atom. The Kier molecular flexibility index (Phi) is 4.75. The summed E-state index contributed by atoms with van der Waals surface area (Å²) < 4.78 is 4.71. The molecule has 0 aliphatic rings. The standard InChI is InChI=1S/C12H13NO4/c1-2-17-12(16)13-10-6-3-9(4-7-10)5-8-11(14)15/h3-8H,2H2,1H3,(H,13,16)(H,14,15). The van der Waals surface area contributed by atoms with Crippen LogP contribution in [0.25, 0.3) is 6.08 Å². The van der Waals surface area contributed by atoms with Crippen LogP contribution in [0.1, 0.15) is 12.5 Å². The van der Waals surface area contributed by atoms with E-state index in [9.17, 15) is 9.59 Å². The first-order chi connectivity index (χ1) is 8.11. The van der Waals surface area contributed by atoms with E-state index in [4.69, 9.17) is 9.84 Å². The maximum Gasteiger partial charge on any atom is 0.411 e. The fourth-order valence-electron chi connectivity index (χ4n) is 1.13. The number of rotatable bonds is 4. The zero-order chi connectivity index (χ0) is 12.7. The molecule has 0 spiro atoms. The largest absolute Gasteiger partial charge is 0.478 e. The van der Waals surface area contributed by atoms with Gasteiger partial charge in [0.25, 0.3) is 0 Å². The number of aliphatic carboxylic acids is 1. The molecule has 1 aromatic carbocycles. The quantitative estimate of drug-likeness (QED) is 0.785. The van der Waals surface area contributed by atoms with Crippen molar-refractivity contribution in [2.45, 2.75) is 6.92 Å². The average molecular weight is 235 g/mol. The number of hydrogen-bond donors (Lipinski definition) is 2. The molecule has 2 N–H and O–H groups in total. The molecule has 0 unspecified atom stereocenters. The number of carbonyl (C=O) groups excluding carboxylic acids is 1. The van der Waals surface area contributed by atoms with Crippen molar-refractivity contribution < 1.29 is 19.4 Å². The third-order valence-corrected chi connectivity index (χ3v) is 1.85. The molecule has 0 heterocycles. The summed E-state index contributed by atoms with van der Waals surface area (Å²) in [6.45, 7) is 2.03. The van der Waals surface area contributed by atoms with Crippen LogP contribution in [-0.4, -0.2) is 23.8 Å². The zero-order valence-corrected chi connectivity index (χ0v) is 9.34.